The van der Waals surface area contributed by atoms with Crippen LogP contribution in [0.2, 0.25) is 0 Å². The third-order valence-corrected chi connectivity index (χ3v) is 4.66. The van der Waals surface area contributed by atoms with Gasteiger partial charge in [-0.2, -0.15) is 0 Å². The number of carbonyl (C=O) groups excluding carboxylic acids is 1. The molecule has 0 saturated heterocycles. The van der Waals surface area contributed by atoms with Crippen molar-refractivity contribution < 1.29 is 4.79 Å². The van der Waals surface area contributed by atoms with Crippen LogP contribution >= 0.6 is 15.9 Å². The highest BCUT2D eigenvalue weighted by Crippen LogP contribution is 2.22. The highest BCUT2D eigenvalue weighted by atomic mass is 79.9. The Labute approximate surface area is 136 Å². The third-order valence-electron chi connectivity index (χ3n) is 4.17. The first-order valence-corrected chi connectivity index (χ1v) is 8.74. The number of anilines is 1. The van der Waals surface area contributed by atoms with Crippen molar-refractivity contribution in [2.45, 2.75) is 64.5 Å². The van der Waals surface area contributed by atoms with Gasteiger partial charge >= 0.3 is 0 Å². The van der Waals surface area contributed by atoms with Gasteiger partial charge in [0.15, 0.2) is 0 Å². The fourth-order valence-corrected chi connectivity index (χ4v) is 3.28. The molecular weight excluding hydrogens is 328 g/mol. The van der Waals surface area contributed by atoms with Gasteiger partial charge < -0.3 is 10.6 Å². The minimum atomic E-state index is -0.210. The lowest BCUT2D eigenvalue weighted by molar-refractivity contribution is -0.122. The second-order valence-corrected chi connectivity index (χ2v) is 6.78. The lowest BCUT2D eigenvalue weighted by atomic mass is 9.95. The van der Waals surface area contributed by atoms with E-state index in [4.69, 9.17) is 0 Å². The molecule has 1 saturated carbocycles. The van der Waals surface area contributed by atoms with E-state index in [-0.39, 0.29) is 11.9 Å². The molecule has 1 aliphatic rings. The Morgan fingerprint density at radius 2 is 2.05 bits per heavy atom. The summed E-state index contributed by atoms with van der Waals surface area (Å²) in [5.74, 6) is 0.104. The normalized spacial score (nSPS) is 17.3. The fourth-order valence-electron chi connectivity index (χ4n) is 2.87. The van der Waals surface area contributed by atoms with E-state index in [1.807, 2.05) is 19.1 Å². The number of benzene rings is 1. The van der Waals surface area contributed by atoms with Gasteiger partial charge in [0.2, 0.25) is 5.91 Å². The Morgan fingerprint density at radius 3 is 2.71 bits per heavy atom. The van der Waals surface area contributed by atoms with Crippen molar-refractivity contribution in [2.24, 2.45) is 0 Å². The van der Waals surface area contributed by atoms with Gasteiger partial charge in [-0.05, 0) is 49.9 Å². The van der Waals surface area contributed by atoms with Crippen molar-refractivity contribution in [2.75, 3.05) is 5.32 Å². The number of hydrogen-bond acceptors (Lipinski definition) is 2. The predicted molar refractivity (Wildman–Crippen MR) is 91.6 cm³/mol. The summed E-state index contributed by atoms with van der Waals surface area (Å²) in [7, 11) is 0. The fraction of sp³-hybridized carbons (Fsp3) is 0.588. The molecule has 1 aromatic rings. The molecule has 0 heterocycles. The van der Waals surface area contributed by atoms with Gasteiger partial charge in [0.05, 0.1) is 0 Å². The molecule has 1 aromatic carbocycles. The van der Waals surface area contributed by atoms with Crippen LogP contribution in [0.15, 0.2) is 22.7 Å². The van der Waals surface area contributed by atoms with E-state index in [2.05, 4.69) is 39.6 Å². The van der Waals surface area contributed by atoms with Crippen LogP contribution < -0.4 is 10.6 Å². The SMILES string of the molecule is CCc1cc(Br)ccc1NC(C)C(=O)NC1CCCCC1. The molecule has 2 N–H and O–H groups in total. The number of nitrogens with one attached hydrogen (secondary N) is 2. The lowest BCUT2D eigenvalue weighted by Crippen LogP contribution is -2.44. The zero-order valence-electron chi connectivity index (χ0n) is 12.9. The van der Waals surface area contributed by atoms with Crippen LogP contribution in [0.4, 0.5) is 5.69 Å². The summed E-state index contributed by atoms with van der Waals surface area (Å²) in [5.41, 5.74) is 2.27. The van der Waals surface area contributed by atoms with E-state index < -0.39 is 0 Å². The molecule has 0 radical (unpaired) electrons. The van der Waals surface area contributed by atoms with E-state index in [1.165, 1.54) is 24.8 Å². The summed E-state index contributed by atoms with van der Waals surface area (Å²) in [6.07, 6.45) is 6.96. The number of amides is 1. The molecule has 1 unspecified atom stereocenters. The van der Waals surface area contributed by atoms with Crippen LogP contribution in [0.3, 0.4) is 0 Å². The molecular formula is C17H25BrN2O. The van der Waals surface area contributed by atoms with Crippen LogP contribution in [-0.2, 0) is 11.2 Å². The van der Waals surface area contributed by atoms with Crippen molar-refractivity contribution in [3.05, 3.63) is 28.2 Å². The largest absolute Gasteiger partial charge is 0.374 e. The van der Waals surface area contributed by atoms with Crippen LogP contribution in [0.1, 0.15) is 51.5 Å². The maximum absolute atomic E-state index is 12.3. The van der Waals surface area contributed by atoms with Crippen molar-refractivity contribution in [1.29, 1.82) is 0 Å². The highest BCUT2D eigenvalue weighted by Gasteiger charge is 2.19. The second-order valence-electron chi connectivity index (χ2n) is 5.86. The maximum atomic E-state index is 12.3. The number of carbonyl (C=O) groups is 1. The maximum Gasteiger partial charge on any atom is 0.242 e. The molecule has 1 atom stereocenters. The van der Waals surface area contributed by atoms with Crippen LogP contribution in [0.25, 0.3) is 0 Å². The number of rotatable bonds is 5. The van der Waals surface area contributed by atoms with Gasteiger partial charge in [-0.1, -0.05) is 42.1 Å². The summed E-state index contributed by atoms with van der Waals surface area (Å²) in [6, 6.07) is 6.30. The van der Waals surface area contributed by atoms with Gasteiger partial charge in [-0.15, -0.1) is 0 Å². The molecule has 1 amide bonds. The predicted octanol–water partition coefficient (Wildman–Crippen LogP) is 4.26. The van der Waals surface area contributed by atoms with E-state index in [0.29, 0.717) is 6.04 Å². The van der Waals surface area contributed by atoms with Gasteiger partial charge in [0.25, 0.3) is 0 Å². The molecule has 4 heteroatoms. The third kappa shape index (κ3) is 4.73. The lowest BCUT2D eigenvalue weighted by Gasteiger charge is -2.25. The van der Waals surface area contributed by atoms with Gasteiger partial charge in [0.1, 0.15) is 6.04 Å². The van der Waals surface area contributed by atoms with Crippen LogP contribution in [0, 0.1) is 0 Å². The molecule has 1 aliphatic carbocycles. The van der Waals surface area contributed by atoms with E-state index in [1.54, 1.807) is 0 Å². The first-order chi connectivity index (χ1) is 10.1. The summed E-state index contributed by atoms with van der Waals surface area (Å²) in [6.45, 7) is 4.05. The number of halogens is 1. The summed E-state index contributed by atoms with van der Waals surface area (Å²) in [5, 5.41) is 6.52. The van der Waals surface area contributed by atoms with E-state index in [0.717, 1.165) is 29.4 Å². The Balaban J connectivity index is 1.93. The molecule has 0 aliphatic heterocycles. The Morgan fingerprint density at radius 1 is 1.33 bits per heavy atom. The average Bonchev–Trinajstić information content (AvgIpc) is 2.49. The number of hydrogen-bond donors (Lipinski definition) is 2. The summed E-state index contributed by atoms with van der Waals surface area (Å²) >= 11 is 3.49. The molecule has 3 nitrogen and oxygen atoms in total. The number of aryl methyl sites for hydroxylation is 1. The first-order valence-electron chi connectivity index (χ1n) is 7.95. The smallest absolute Gasteiger partial charge is 0.242 e. The molecule has 116 valence electrons. The molecule has 2 rings (SSSR count). The topological polar surface area (TPSA) is 41.1 Å². The quantitative estimate of drug-likeness (QED) is 0.830. The zero-order valence-corrected chi connectivity index (χ0v) is 14.5. The van der Waals surface area contributed by atoms with Crippen LogP contribution in [0.5, 0.6) is 0 Å². The summed E-state index contributed by atoms with van der Waals surface area (Å²) < 4.78 is 1.07. The van der Waals surface area contributed by atoms with Gasteiger partial charge in [-0.3, -0.25) is 4.79 Å². The van der Waals surface area contributed by atoms with Crippen molar-refractivity contribution in [3.63, 3.8) is 0 Å². The average molecular weight is 353 g/mol. The standard InChI is InChI=1S/C17H25BrN2O/c1-3-13-11-14(18)9-10-16(13)19-12(2)17(21)20-15-7-5-4-6-8-15/h9-12,15,19H,3-8H2,1-2H3,(H,20,21). The second kappa shape index (κ2) is 7.83. The molecule has 0 spiro atoms. The van der Waals surface area contributed by atoms with Crippen molar-refractivity contribution >= 4 is 27.5 Å². The monoisotopic (exact) mass is 352 g/mol. The molecule has 0 bridgehead atoms. The Bertz CT molecular complexity index is 484. The highest BCUT2D eigenvalue weighted by molar-refractivity contribution is 9.10. The van der Waals surface area contributed by atoms with E-state index >= 15 is 0 Å². The summed E-state index contributed by atoms with van der Waals surface area (Å²) in [4.78, 5) is 12.3. The molecule has 0 aromatic heterocycles. The van der Waals surface area contributed by atoms with Crippen molar-refractivity contribution in [3.8, 4) is 0 Å². The van der Waals surface area contributed by atoms with Crippen molar-refractivity contribution in [1.82, 2.24) is 5.32 Å². The molecule has 1 fully saturated rings. The minimum Gasteiger partial charge on any atom is -0.374 e. The Hall–Kier alpha value is -1.03. The zero-order chi connectivity index (χ0) is 15.2. The van der Waals surface area contributed by atoms with E-state index in [9.17, 15) is 4.79 Å². The minimum absolute atomic E-state index is 0.104. The van der Waals surface area contributed by atoms with Gasteiger partial charge in [0, 0.05) is 16.2 Å². The Kier molecular flexibility index (Phi) is 6.09. The van der Waals surface area contributed by atoms with Gasteiger partial charge in [-0.25, -0.2) is 0 Å². The van der Waals surface area contributed by atoms with Crippen LogP contribution in [-0.4, -0.2) is 18.0 Å². The molecule has 21 heavy (non-hydrogen) atoms. The first kappa shape index (κ1) is 16.3.